The fourth-order valence-electron chi connectivity index (χ4n) is 0.788. The van der Waals surface area contributed by atoms with Crippen LogP contribution in [-0.2, 0) is 10.0 Å². The van der Waals surface area contributed by atoms with E-state index in [2.05, 4.69) is 15.3 Å². The van der Waals surface area contributed by atoms with Gasteiger partial charge in [-0.25, -0.2) is 18.5 Å². The lowest BCUT2D eigenvalue weighted by molar-refractivity contribution is 0.598. The lowest BCUT2D eigenvalue weighted by Gasteiger charge is -2.03. The number of rotatable bonds is 4. The van der Waals surface area contributed by atoms with E-state index >= 15 is 0 Å². The smallest absolute Gasteiger partial charge is 0.210 e. The minimum atomic E-state index is -3.45. The number of aromatic nitrogens is 2. The zero-order valence-electron chi connectivity index (χ0n) is 7.34. The summed E-state index contributed by atoms with van der Waals surface area (Å²) in [5.74, 6) is 0.531. The molecule has 0 aromatic carbocycles. The summed E-state index contributed by atoms with van der Waals surface area (Å²) in [5, 5.41) is 7.53. The summed E-state index contributed by atoms with van der Waals surface area (Å²) in [6.07, 6.45) is 2.84. The van der Waals surface area contributed by atoms with Gasteiger partial charge in [0.2, 0.25) is 10.0 Å². The SMILES string of the molecule is Nc1cncc(NCCS(N)(=O)=O)n1. The van der Waals surface area contributed by atoms with Crippen LogP contribution in [0.4, 0.5) is 11.6 Å². The van der Waals surface area contributed by atoms with Crippen molar-refractivity contribution in [1.29, 1.82) is 0 Å². The van der Waals surface area contributed by atoms with E-state index in [1.807, 2.05) is 0 Å². The second kappa shape index (κ2) is 4.20. The predicted octanol–water partition coefficient (Wildman–Crippen LogP) is -1.24. The van der Waals surface area contributed by atoms with E-state index < -0.39 is 10.0 Å². The molecule has 0 saturated heterocycles. The van der Waals surface area contributed by atoms with Crippen LogP contribution in [-0.4, -0.2) is 30.7 Å². The van der Waals surface area contributed by atoms with Crippen molar-refractivity contribution in [3.63, 3.8) is 0 Å². The highest BCUT2D eigenvalue weighted by atomic mass is 32.2. The monoisotopic (exact) mass is 217 g/mol. The summed E-state index contributed by atoms with van der Waals surface area (Å²) in [5.41, 5.74) is 5.36. The molecule has 1 rings (SSSR count). The highest BCUT2D eigenvalue weighted by molar-refractivity contribution is 7.89. The van der Waals surface area contributed by atoms with E-state index in [0.29, 0.717) is 5.82 Å². The van der Waals surface area contributed by atoms with Gasteiger partial charge < -0.3 is 11.1 Å². The first kappa shape index (κ1) is 10.7. The third-order valence-electron chi connectivity index (χ3n) is 1.35. The maximum atomic E-state index is 10.6. The molecule has 0 fully saturated rings. The fourth-order valence-corrected chi connectivity index (χ4v) is 1.17. The molecule has 1 heterocycles. The summed E-state index contributed by atoms with van der Waals surface area (Å²) < 4.78 is 21.1. The van der Waals surface area contributed by atoms with Gasteiger partial charge in [-0.05, 0) is 0 Å². The van der Waals surface area contributed by atoms with E-state index in [4.69, 9.17) is 10.9 Å². The van der Waals surface area contributed by atoms with Crippen molar-refractivity contribution in [2.24, 2.45) is 5.14 Å². The van der Waals surface area contributed by atoms with Crippen LogP contribution in [0.5, 0.6) is 0 Å². The van der Waals surface area contributed by atoms with Gasteiger partial charge in [0, 0.05) is 6.54 Å². The standard InChI is InChI=1S/C6H11N5O2S/c7-5-3-9-4-6(11-5)10-1-2-14(8,12)13/h3-4H,1-2H2,(H3,7,10,11)(H2,8,12,13). The molecular weight excluding hydrogens is 206 g/mol. The maximum absolute atomic E-state index is 10.6. The molecule has 1 aromatic rings. The molecule has 0 bridgehead atoms. The normalized spacial score (nSPS) is 11.2. The third kappa shape index (κ3) is 4.01. The Morgan fingerprint density at radius 3 is 2.71 bits per heavy atom. The minimum Gasteiger partial charge on any atom is -0.382 e. The summed E-state index contributed by atoms with van der Waals surface area (Å²) in [6.45, 7) is 0.178. The molecule has 0 spiro atoms. The lowest BCUT2D eigenvalue weighted by Crippen LogP contribution is -2.22. The lowest BCUT2D eigenvalue weighted by atomic mass is 10.6. The van der Waals surface area contributed by atoms with E-state index in [1.54, 1.807) is 0 Å². The van der Waals surface area contributed by atoms with Crippen LogP contribution in [0.3, 0.4) is 0 Å². The molecule has 0 aliphatic rings. The van der Waals surface area contributed by atoms with E-state index in [-0.39, 0.29) is 18.1 Å². The van der Waals surface area contributed by atoms with Crippen LogP contribution in [0.1, 0.15) is 0 Å². The van der Waals surface area contributed by atoms with Crippen molar-refractivity contribution >= 4 is 21.7 Å². The number of hydrogen-bond acceptors (Lipinski definition) is 6. The molecule has 0 aliphatic heterocycles. The summed E-state index contributed by atoms with van der Waals surface area (Å²) in [4.78, 5) is 7.63. The first-order valence-corrected chi connectivity index (χ1v) is 5.51. The zero-order chi connectivity index (χ0) is 10.6. The Morgan fingerprint density at radius 2 is 2.14 bits per heavy atom. The zero-order valence-corrected chi connectivity index (χ0v) is 8.16. The predicted molar refractivity (Wildman–Crippen MR) is 52.9 cm³/mol. The highest BCUT2D eigenvalue weighted by Crippen LogP contribution is 2.01. The van der Waals surface area contributed by atoms with E-state index in [0.717, 1.165) is 0 Å². The van der Waals surface area contributed by atoms with Crippen molar-refractivity contribution in [3.8, 4) is 0 Å². The number of hydrogen-bond donors (Lipinski definition) is 3. The number of anilines is 2. The summed E-state index contributed by atoms with van der Waals surface area (Å²) in [6, 6.07) is 0. The molecule has 0 saturated carbocycles. The van der Waals surface area contributed by atoms with Crippen molar-refractivity contribution in [1.82, 2.24) is 9.97 Å². The van der Waals surface area contributed by atoms with Gasteiger partial charge in [0.15, 0.2) is 0 Å². The molecular formula is C6H11N5O2S. The average molecular weight is 217 g/mol. The van der Waals surface area contributed by atoms with Gasteiger partial charge in [0.05, 0.1) is 18.1 Å². The first-order valence-electron chi connectivity index (χ1n) is 3.79. The Balaban J connectivity index is 2.47. The van der Waals surface area contributed by atoms with Crippen molar-refractivity contribution in [2.45, 2.75) is 0 Å². The van der Waals surface area contributed by atoms with Crippen LogP contribution in [0, 0.1) is 0 Å². The molecule has 0 radical (unpaired) electrons. The quantitative estimate of drug-likeness (QED) is 0.579. The van der Waals surface area contributed by atoms with Gasteiger partial charge in [0.25, 0.3) is 0 Å². The Hall–Kier alpha value is -1.41. The van der Waals surface area contributed by atoms with Gasteiger partial charge in [0.1, 0.15) is 11.6 Å². The Kier molecular flexibility index (Phi) is 3.20. The van der Waals surface area contributed by atoms with Gasteiger partial charge in [-0.15, -0.1) is 0 Å². The first-order chi connectivity index (χ1) is 6.47. The van der Waals surface area contributed by atoms with E-state index in [9.17, 15) is 8.42 Å². The molecule has 7 nitrogen and oxygen atoms in total. The number of nitrogens with one attached hydrogen (secondary N) is 1. The maximum Gasteiger partial charge on any atom is 0.210 e. The number of nitrogens with two attached hydrogens (primary N) is 2. The number of nitrogens with zero attached hydrogens (tertiary/aromatic N) is 2. The van der Waals surface area contributed by atoms with Crippen molar-refractivity contribution < 1.29 is 8.42 Å². The van der Waals surface area contributed by atoms with Crippen LogP contribution in [0.2, 0.25) is 0 Å². The summed E-state index contributed by atoms with van der Waals surface area (Å²) >= 11 is 0. The number of sulfonamides is 1. The van der Waals surface area contributed by atoms with Crippen molar-refractivity contribution in [3.05, 3.63) is 12.4 Å². The molecule has 14 heavy (non-hydrogen) atoms. The van der Waals surface area contributed by atoms with Gasteiger partial charge in [-0.2, -0.15) is 0 Å². The molecule has 0 unspecified atom stereocenters. The minimum absolute atomic E-state index is 0.163. The summed E-state index contributed by atoms with van der Waals surface area (Å²) in [7, 11) is -3.45. The van der Waals surface area contributed by atoms with Crippen LogP contribution >= 0.6 is 0 Å². The Bertz CT molecular complexity index is 404. The number of nitrogen functional groups attached to an aromatic ring is 1. The molecule has 0 amide bonds. The number of primary sulfonamides is 1. The van der Waals surface area contributed by atoms with Gasteiger partial charge >= 0.3 is 0 Å². The van der Waals surface area contributed by atoms with Crippen molar-refractivity contribution in [2.75, 3.05) is 23.3 Å². The molecule has 0 aliphatic carbocycles. The molecule has 1 aromatic heterocycles. The topological polar surface area (TPSA) is 124 Å². The van der Waals surface area contributed by atoms with Gasteiger partial charge in [-0.3, -0.25) is 4.98 Å². The van der Waals surface area contributed by atoms with Crippen LogP contribution < -0.4 is 16.2 Å². The van der Waals surface area contributed by atoms with Gasteiger partial charge in [-0.1, -0.05) is 0 Å². The third-order valence-corrected chi connectivity index (χ3v) is 2.12. The second-order valence-corrected chi connectivity index (χ2v) is 4.36. The van der Waals surface area contributed by atoms with Crippen LogP contribution in [0.15, 0.2) is 12.4 Å². The van der Waals surface area contributed by atoms with E-state index in [1.165, 1.54) is 12.4 Å². The molecule has 0 atom stereocenters. The fraction of sp³-hybridized carbons (Fsp3) is 0.333. The van der Waals surface area contributed by atoms with Crippen LogP contribution in [0.25, 0.3) is 0 Å². The molecule has 5 N–H and O–H groups in total. The largest absolute Gasteiger partial charge is 0.382 e. The molecule has 8 heteroatoms. The average Bonchev–Trinajstić information content (AvgIpc) is 2.01. The Labute approximate surface area is 81.6 Å². The second-order valence-electron chi connectivity index (χ2n) is 2.62. The Morgan fingerprint density at radius 1 is 1.43 bits per heavy atom. The highest BCUT2D eigenvalue weighted by Gasteiger charge is 2.02. The molecule has 78 valence electrons.